The Bertz CT molecular complexity index is 1550. The SMILES string of the molecule is O=COCCN1CCO/C1=C/C=C/C=C/c1[te]c2c3ccccc3c3ccccc3c2[n+]1CCC(=O)O. The normalized spacial score (nSPS) is 15.0. The van der Waals surface area contributed by atoms with E-state index >= 15 is 0 Å². The Hall–Kier alpha value is -3.60. The average molecular weight is 611 g/mol. The number of carbonyl (C=O) groups is 2. The number of fused-ring (bicyclic) bond motifs is 6. The molecule has 0 unspecified atom stereocenters. The first-order valence-corrected chi connectivity index (χ1v) is 14.5. The van der Waals surface area contributed by atoms with Crippen LogP contribution in [0, 0.1) is 0 Å². The summed E-state index contributed by atoms with van der Waals surface area (Å²) in [7, 11) is 0. The number of aromatic nitrogens is 1. The van der Waals surface area contributed by atoms with E-state index in [4.69, 9.17) is 9.47 Å². The quantitative estimate of drug-likeness (QED) is 0.0733. The molecule has 1 aliphatic heterocycles. The van der Waals surface area contributed by atoms with Crippen molar-refractivity contribution in [1.29, 1.82) is 0 Å². The molecule has 3 aromatic carbocycles. The second-order valence-corrected chi connectivity index (χ2v) is 11.5. The van der Waals surface area contributed by atoms with E-state index in [1.54, 1.807) is 0 Å². The Morgan fingerprint density at radius 3 is 2.54 bits per heavy atom. The second kappa shape index (κ2) is 11.6. The van der Waals surface area contributed by atoms with Crippen LogP contribution in [0.2, 0.25) is 0 Å². The molecule has 7 nitrogen and oxygen atoms in total. The Balaban J connectivity index is 1.50. The van der Waals surface area contributed by atoms with Crippen LogP contribution in [0.15, 0.2) is 78.7 Å². The number of carbonyl (C=O) groups excluding carboxylic acids is 1. The van der Waals surface area contributed by atoms with E-state index in [0.717, 1.165) is 17.9 Å². The Kier molecular flexibility index (Phi) is 7.88. The van der Waals surface area contributed by atoms with Crippen LogP contribution in [0.25, 0.3) is 36.5 Å². The zero-order valence-corrected chi connectivity index (χ0v) is 22.5. The van der Waals surface area contributed by atoms with Gasteiger partial charge in [-0.3, -0.25) is 4.79 Å². The summed E-state index contributed by atoms with van der Waals surface area (Å²) in [6.45, 7) is 3.19. The number of ether oxygens (including phenoxy) is 2. The molecule has 0 atom stereocenters. The predicted molar refractivity (Wildman–Crippen MR) is 144 cm³/mol. The summed E-state index contributed by atoms with van der Waals surface area (Å²) >= 11 is -0.728. The van der Waals surface area contributed by atoms with Gasteiger partial charge < -0.3 is 0 Å². The van der Waals surface area contributed by atoms with Crippen molar-refractivity contribution in [3.63, 3.8) is 0 Å². The van der Waals surface area contributed by atoms with Crippen molar-refractivity contribution in [1.82, 2.24) is 4.90 Å². The van der Waals surface area contributed by atoms with Crippen LogP contribution >= 0.6 is 0 Å². The van der Waals surface area contributed by atoms with E-state index in [9.17, 15) is 14.7 Å². The molecule has 1 aromatic heterocycles. The van der Waals surface area contributed by atoms with E-state index < -0.39 is 26.4 Å². The molecule has 5 rings (SSSR count). The predicted octanol–water partition coefficient (Wildman–Crippen LogP) is 3.88. The fourth-order valence-electron chi connectivity index (χ4n) is 4.67. The Morgan fingerprint density at radius 2 is 1.78 bits per heavy atom. The molecule has 188 valence electrons. The van der Waals surface area contributed by atoms with Gasteiger partial charge in [-0.15, -0.1) is 0 Å². The second-order valence-electron chi connectivity index (χ2n) is 8.56. The van der Waals surface area contributed by atoms with Crippen LogP contribution in [0.1, 0.15) is 10.1 Å². The van der Waals surface area contributed by atoms with Crippen LogP contribution < -0.4 is 4.57 Å². The first kappa shape index (κ1) is 25.1. The molecule has 1 saturated heterocycles. The molecule has 37 heavy (non-hydrogen) atoms. The van der Waals surface area contributed by atoms with Gasteiger partial charge in [0.2, 0.25) is 0 Å². The summed E-state index contributed by atoms with van der Waals surface area (Å²) in [6, 6.07) is 16.9. The molecule has 1 fully saturated rings. The van der Waals surface area contributed by atoms with Crippen molar-refractivity contribution >= 4 is 69.4 Å². The molecular weight excluding hydrogens is 584 g/mol. The molecule has 1 aliphatic rings. The molecular formula is C29H27N2O5Te+. The van der Waals surface area contributed by atoms with Gasteiger partial charge in [-0.25, -0.2) is 0 Å². The molecule has 0 radical (unpaired) electrons. The summed E-state index contributed by atoms with van der Waals surface area (Å²) in [4.78, 5) is 23.9. The zero-order valence-electron chi connectivity index (χ0n) is 20.2. The topological polar surface area (TPSA) is 80.0 Å². The number of carboxylic acids is 1. The summed E-state index contributed by atoms with van der Waals surface area (Å²) in [5, 5.41) is 14.3. The van der Waals surface area contributed by atoms with Crippen LogP contribution in [0.4, 0.5) is 0 Å². The van der Waals surface area contributed by atoms with Gasteiger partial charge in [-0.2, -0.15) is 0 Å². The van der Waals surface area contributed by atoms with E-state index in [-0.39, 0.29) is 6.42 Å². The fourth-order valence-corrected chi connectivity index (χ4v) is 8.25. The van der Waals surface area contributed by atoms with Crippen LogP contribution in [-0.2, 0) is 25.6 Å². The van der Waals surface area contributed by atoms with E-state index in [1.807, 2.05) is 29.2 Å². The van der Waals surface area contributed by atoms with E-state index in [2.05, 4.69) is 59.2 Å². The van der Waals surface area contributed by atoms with Gasteiger partial charge in [0.25, 0.3) is 0 Å². The van der Waals surface area contributed by atoms with Crippen LogP contribution in [0.3, 0.4) is 0 Å². The molecule has 0 bridgehead atoms. The van der Waals surface area contributed by atoms with Gasteiger partial charge in [0.1, 0.15) is 0 Å². The van der Waals surface area contributed by atoms with Crippen molar-refractivity contribution in [2.45, 2.75) is 13.0 Å². The van der Waals surface area contributed by atoms with E-state index in [0.29, 0.717) is 32.8 Å². The first-order chi connectivity index (χ1) is 18.2. The number of rotatable bonds is 10. The van der Waals surface area contributed by atoms with Crippen LogP contribution in [-0.4, -0.2) is 69.2 Å². The first-order valence-electron chi connectivity index (χ1n) is 12.1. The molecule has 0 aliphatic carbocycles. The zero-order chi connectivity index (χ0) is 25.6. The average Bonchev–Trinajstić information content (AvgIpc) is 3.52. The number of benzene rings is 3. The van der Waals surface area contributed by atoms with Gasteiger partial charge in [0, 0.05) is 0 Å². The third-order valence-electron chi connectivity index (χ3n) is 6.32. The Labute approximate surface area is 224 Å². The number of aliphatic carboxylic acids is 1. The van der Waals surface area contributed by atoms with Gasteiger partial charge in [-0.05, 0) is 0 Å². The standard InChI is InChI=1S/C29H26N2O5Te/c32-20-35-18-16-30-17-19-36-25(30)12-2-1-3-13-26-31(15-14-27(33)34)28-23-10-6-4-8-21(23)22-9-5-7-11-24(22)29(28)37-26/h1-13,20H,14-19H2/p+1. The third-order valence-corrected chi connectivity index (χ3v) is 9.70. The molecule has 1 N–H and O–H groups in total. The fraction of sp³-hybridized carbons (Fsp3) is 0.207. The number of hydrogen-bond donors (Lipinski definition) is 1. The molecule has 8 heteroatoms. The summed E-state index contributed by atoms with van der Waals surface area (Å²) < 4.78 is 15.3. The minimum absolute atomic E-state index is 0.0772. The number of nitrogens with zero attached hydrogens (tertiary/aromatic N) is 2. The maximum atomic E-state index is 11.5. The summed E-state index contributed by atoms with van der Waals surface area (Å²) in [5.41, 5.74) is 1.16. The Morgan fingerprint density at radius 1 is 1.05 bits per heavy atom. The van der Waals surface area contributed by atoms with Crippen molar-refractivity contribution in [2.75, 3.05) is 26.3 Å². The monoisotopic (exact) mass is 613 g/mol. The third kappa shape index (κ3) is 5.41. The minimum atomic E-state index is -0.798. The van der Waals surface area contributed by atoms with Crippen molar-refractivity contribution in [3.8, 4) is 0 Å². The summed E-state index contributed by atoms with van der Waals surface area (Å²) in [6.07, 6.45) is 10.0. The van der Waals surface area contributed by atoms with Crippen LogP contribution in [0.5, 0.6) is 0 Å². The van der Waals surface area contributed by atoms with Gasteiger partial charge >= 0.3 is 220 Å². The number of hydrogen-bond acceptors (Lipinski definition) is 5. The maximum absolute atomic E-state index is 11.5. The molecule has 4 aromatic rings. The summed E-state index contributed by atoms with van der Waals surface area (Å²) in [5.74, 6) is -0.0384. The molecule has 2 heterocycles. The van der Waals surface area contributed by atoms with Crippen molar-refractivity contribution in [2.24, 2.45) is 0 Å². The molecule has 0 amide bonds. The molecule has 0 saturated carbocycles. The van der Waals surface area contributed by atoms with Gasteiger partial charge in [0.15, 0.2) is 0 Å². The van der Waals surface area contributed by atoms with E-state index in [1.165, 1.54) is 28.7 Å². The van der Waals surface area contributed by atoms with Crippen molar-refractivity contribution < 1.29 is 28.7 Å². The number of allylic oxidation sites excluding steroid dienone is 4. The van der Waals surface area contributed by atoms with Crippen molar-refractivity contribution in [3.05, 3.63) is 82.4 Å². The molecule has 0 spiro atoms. The number of carboxylic acid groups (broad SMARTS) is 1. The van der Waals surface area contributed by atoms with Gasteiger partial charge in [-0.1, -0.05) is 0 Å². The van der Waals surface area contributed by atoms with Gasteiger partial charge in [0.05, 0.1) is 0 Å². The number of aryl methyl sites for hydroxylation is 1.